The minimum atomic E-state index is 0.137. The quantitative estimate of drug-likeness (QED) is 0.842. The molecular formula is C20H30N2O3. The molecule has 1 aliphatic heterocycles. The van der Waals surface area contributed by atoms with Gasteiger partial charge in [0.05, 0.1) is 13.5 Å². The van der Waals surface area contributed by atoms with E-state index in [1.165, 1.54) is 0 Å². The number of hydrogen-bond donors (Lipinski definition) is 0. The molecule has 1 saturated heterocycles. The minimum absolute atomic E-state index is 0.137. The predicted molar refractivity (Wildman–Crippen MR) is 99.0 cm³/mol. The maximum Gasteiger partial charge on any atom is 0.227 e. The van der Waals surface area contributed by atoms with Crippen molar-refractivity contribution >= 4 is 11.8 Å². The van der Waals surface area contributed by atoms with Gasteiger partial charge in [0, 0.05) is 32.6 Å². The van der Waals surface area contributed by atoms with Gasteiger partial charge in [-0.05, 0) is 49.4 Å². The second-order valence-electron chi connectivity index (χ2n) is 6.78. The van der Waals surface area contributed by atoms with E-state index in [1.807, 2.05) is 37.5 Å². The average Bonchev–Trinajstić information content (AvgIpc) is 2.85. The first-order chi connectivity index (χ1) is 11.9. The van der Waals surface area contributed by atoms with Crippen molar-refractivity contribution in [3.63, 3.8) is 0 Å². The lowest BCUT2D eigenvalue weighted by molar-refractivity contribution is -0.133. The Morgan fingerprint density at radius 2 is 1.60 bits per heavy atom. The summed E-state index contributed by atoms with van der Waals surface area (Å²) in [6.45, 7) is 10.7. The number of rotatable bonds is 4. The Morgan fingerprint density at radius 1 is 1.00 bits per heavy atom. The van der Waals surface area contributed by atoms with Crippen molar-refractivity contribution < 1.29 is 14.3 Å². The molecule has 0 saturated carbocycles. The highest BCUT2D eigenvalue weighted by Gasteiger charge is 2.22. The Kier molecular flexibility index (Phi) is 6.45. The molecule has 0 N–H and O–H groups in total. The molecule has 25 heavy (non-hydrogen) atoms. The number of methoxy groups -OCH3 is 1. The molecule has 5 heteroatoms. The van der Waals surface area contributed by atoms with Crippen LogP contribution in [0.25, 0.3) is 0 Å². The van der Waals surface area contributed by atoms with Crippen LogP contribution in [0.2, 0.25) is 0 Å². The molecule has 0 aliphatic carbocycles. The van der Waals surface area contributed by atoms with E-state index < -0.39 is 0 Å². The van der Waals surface area contributed by atoms with Gasteiger partial charge in [-0.3, -0.25) is 9.59 Å². The molecule has 1 aromatic carbocycles. The van der Waals surface area contributed by atoms with E-state index >= 15 is 0 Å². The van der Waals surface area contributed by atoms with Gasteiger partial charge in [0.15, 0.2) is 0 Å². The lowest BCUT2D eigenvalue weighted by Gasteiger charge is -2.23. The van der Waals surface area contributed by atoms with Crippen molar-refractivity contribution in [1.82, 2.24) is 9.80 Å². The van der Waals surface area contributed by atoms with Gasteiger partial charge < -0.3 is 14.5 Å². The number of carbonyl (C=O) groups is 2. The molecule has 1 aliphatic rings. The van der Waals surface area contributed by atoms with Gasteiger partial charge in [-0.2, -0.15) is 0 Å². The van der Waals surface area contributed by atoms with E-state index in [2.05, 4.69) is 6.07 Å². The van der Waals surface area contributed by atoms with E-state index in [-0.39, 0.29) is 11.8 Å². The van der Waals surface area contributed by atoms with E-state index in [4.69, 9.17) is 4.74 Å². The standard InChI is InChI=1S/C20H30N2O3/c1-6-18(23)21-8-7-9-22(11-10-21)19(24)13-17-12-14(2)20(25-5)16(4)15(17)3/h12H,6-11,13H2,1-5H3. The van der Waals surface area contributed by atoms with Crippen LogP contribution in [0.15, 0.2) is 6.07 Å². The lowest BCUT2D eigenvalue weighted by Crippen LogP contribution is -2.37. The number of benzene rings is 1. The summed E-state index contributed by atoms with van der Waals surface area (Å²) in [4.78, 5) is 28.4. The van der Waals surface area contributed by atoms with Gasteiger partial charge in [0.25, 0.3) is 0 Å². The van der Waals surface area contributed by atoms with Gasteiger partial charge in [-0.1, -0.05) is 13.0 Å². The SMILES string of the molecule is CCC(=O)N1CCCN(C(=O)Cc2cc(C)c(OC)c(C)c2C)CC1. The molecule has 0 spiro atoms. The molecule has 0 bridgehead atoms. The van der Waals surface area contributed by atoms with E-state index in [9.17, 15) is 9.59 Å². The molecule has 138 valence electrons. The van der Waals surface area contributed by atoms with Gasteiger partial charge in [0.1, 0.15) is 5.75 Å². The summed E-state index contributed by atoms with van der Waals surface area (Å²) in [6.07, 6.45) is 1.77. The van der Waals surface area contributed by atoms with Crippen molar-refractivity contribution in [3.8, 4) is 5.75 Å². The van der Waals surface area contributed by atoms with Crippen molar-refractivity contribution in [2.45, 2.75) is 47.0 Å². The Labute approximate surface area is 150 Å². The van der Waals surface area contributed by atoms with Crippen LogP contribution < -0.4 is 4.74 Å². The van der Waals surface area contributed by atoms with E-state index in [0.29, 0.717) is 25.9 Å². The first kappa shape index (κ1) is 19.3. The highest BCUT2D eigenvalue weighted by atomic mass is 16.5. The topological polar surface area (TPSA) is 49.9 Å². The van der Waals surface area contributed by atoms with Gasteiger partial charge in [-0.15, -0.1) is 0 Å². The molecule has 1 aromatic rings. The monoisotopic (exact) mass is 346 g/mol. The maximum absolute atomic E-state index is 12.8. The largest absolute Gasteiger partial charge is 0.496 e. The van der Waals surface area contributed by atoms with Gasteiger partial charge in [-0.25, -0.2) is 0 Å². The summed E-state index contributed by atoms with van der Waals surface area (Å²) in [7, 11) is 1.68. The van der Waals surface area contributed by atoms with Crippen LogP contribution in [-0.2, 0) is 16.0 Å². The summed E-state index contributed by atoms with van der Waals surface area (Å²) < 4.78 is 5.46. The Morgan fingerprint density at radius 3 is 2.16 bits per heavy atom. The Hall–Kier alpha value is -2.04. The Balaban J connectivity index is 2.09. The molecule has 0 atom stereocenters. The summed E-state index contributed by atoms with van der Waals surface area (Å²) in [5.74, 6) is 1.21. The normalized spacial score (nSPS) is 15.1. The van der Waals surface area contributed by atoms with E-state index in [0.717, 1.165) is 47.5 Å². The van der Waals surface area contributed by atoms with Crippen LogP contribution in [0.4, 0.5) is 0 Å². The van der Waals surface area contributed by atoms with Gasteiger partial charge in [0.2, 0.25) is 11.8 Å². The smallest absolute Gasteiger partial charge is 0.227 e. The summed E-state index contributed by atoms with van der Waals surface area (Å²) in [5.41, 5.74) is 4.34. The first-order valence-electron chi connectivity index (χ1n) is 9.08. The molecule has 1 fully saturated rings. The molecule has 1 heterocycles. The number of carbonyl (C=O) groups excluding carboxylic acids is 2. The molecule has 0 aromatic heterocycles. The van der Waals surface area contributed by atoms with Crippen LogP contribution >= 0.6 is 0 Å². The predicted octanol–water partition coefficient (Wildman–Crippen LogP) is 2.63. The fraction of sp³-hybridized carbons (Fsp3) is 0.600. The lowest BCUT2D eigenvalue weighted by atomic mass is 9.96. The second-order valence-corrected chi connectivity index (χ2v) is 6.78. The summed E-state index contributed by atoms with van der Waals surface area (Å²) >= 11 is 0. The second kappa shape index (κ2) is 8.37. The molecule has 0 unspecified atom stereocenters. The average molecular weight is 346 g/mol. The highest BCUT2D eigenvalue weighted by molar-refractivity contribution is 5.80. The van der Waals surface area contributed by atoms with E-state index in [1.54, 1.807) is 7.11 Å². The van der Waals surface area contributed by atoms with Crippen molar-refractivity contribution in [2.24, 2.45) is 0 Å². The number of amides is 2. The number of nitrogens with zero attached hydrogens (tertiary/aromatic N) is 2. The molecular weight excluding hydrogens is 316 g/mol. The minimum Gasteiger partial charge on any atom is -0.496 e. The zero-order chi connectivity index (χ0) is 18.6. The van der Waals surface area contributed by atoms with Crippen LogP contribution in [-0.4, -0.2) is 54.9 Å². The van der Waals surface area contributed by atoms with Crippen LogP contribution in [0.5, 0.6) is 5.75 Å². The molecule has 2 rings (SSSR count). The Bertz CT molecular complexity index is 655. The fourth-order valence-corrected chi connectivity index (χ4v) is 3.55. The number of ether oxygens (including phenoxy) is 1. The fourth-order valence-electron chi connectivity index (χ4n) is 3.55. The zero-order valence-corrected chi connectivity index (χ0v) is 16.1. The third-order valence-electron chi connectivity index (χ3n) is 5.18. The van der Waals surface area contributed by atoms with Crippen molar-refractivity contribution in [3.05, 3.63) is 28.3 Å². The summed E-state index contributed by atoms with van der Waals surface area (Å²) in [5, 5.41) is 0. The molecule has 2 amide bonds. The van der Waals surface area contributed by atoms with Gasteiger partial charge >= 0.3 is 0 Å². The highest BCUT2D eigenvalue weighted by Crippen LogP contribution is 2.29. The third kappa shape index (κ3) is 4.33. The molecule has 0 radical (unpaired) electrons. The van der Waals surface area contributed by atoms with Crippen LogP contribution in [0.1, 0.15) is 42.0 Å². The number of hydrogen-bond acceptors (Lipinski definition) is 3. The van der Waals surface area contributed by atoms with Crippen molar-refractivity contribution in [2.75, 3.05) is 33.3 Å². The number of aryl methyl sites for hydroxylation is 1. The zero-order valence-electron chi connectivity index (χ0n) is 16.1. The maximum atomic E-state index is 12.8. The van der Waals surface area contributed by atoms with Crippen LogP contribution in [0.3, 0.4) is 0 Å². The third-order valence-corrected chi connectivity index (χ3v) is 5.18. The summed E-state index contributed by atoms with van der Waals surface area (Å²) in [6, 6.07) is 2.06. The first-order valence-corrected chi connectivity index (χ1v) is 9.08. The van der Waals surface area contributed by atoms with Crippen molar-refractivity contribution in [1.29, 1.82) is 0 Å². The van der Waals surface area contributed by atoms with Crippen LogP contribution in [0, 0.1) is 20.8 Å². The molecule has 5 nitrogen and oxygen atoms in total.